The normalized spacial score (nSPS) is 20.8. The Kier molecular flexibility index (Phi) is 4.02. The van der Waals surface area contributed by atoms with Gasteiger partial charge in [0, 0.05) is 6.04 Å². The number of piperidine rings is 1. The minimum absolute atomic E-state index is 0.329. The van der Waals surface area contributed by atoms with Crippen molar-refractivity contribution >= 4 is 11.6 Å². The van der Waals surface area contributed by atoms with Crippen LogP contribution in [0.2, 0.25) is 5.02 Å². The molecule has 16 heavy (non-hydrogen) atoms. The molecule has 1 fully saturated rings. The van der Waals surface area contributed by atoms with E-state index < -0.39 is 0 Å². The molecule has 0 spiro atoms. The summed E-state index contributed by atoms with van der Waals surface area (Å²) in [6.07, 6.45) is 3.59. The van der Waals surface area contributed by atoms with Gasteiger partial charge in [-0.25, -0.2) is 4.39 Å². The summed E-state index contributed by atoms with van der Waals surface area (Å²) >= 11 is 5.86. The van der Waals surface area contributed by atoms with Gasteiger partial charge in [0.2, 0.25) is 0 Å². The van der Waals surface area contributed by atoms with E-state index in [2.05, 4.69) is 5.32 Å². The highest BCUT2D eigenvalue weighted by Crippen LogP contribution is 2.25. The zero-order chi connectivity index (χ0) is 11.4. The van der Waals surface area contributed by atoms with E-state index in [1.54, 1.807) is 6.07 Å². The van der Waals surface area contributed by atoms with E-state index in [4.69, 9.17) is 16.3 Å². The van der Waals surface area contributed by atoms with Crippen LogP contribution in [0.3, 0.4) is 0 Å². The summed E-state index contributed by atoms with van der Waals surface area (Å²) < 4.78 is 18.4. The van der Waals surface area contributed by atoms with Crippen molar-refractivity contribution in [3.05, 3.63) is 29.0 Å². The minimum Gasteiger partial charge on any atom is -0.490 e. The summed E-state index contributed by atoms with van der Waals surface area (Å²) in [6.45, 7) is 1.64. The first-order chi connectivity index (χ1) is 7.75. The standard InChI is InChI=1S/C12H15ClFNO/c13-11-7-9(14)4-5-12(11)16-8-10-3-1-2-6-15-10/h4-5,7,10,15H,1-3,6,8H2. The zero-order valence-corrected chi connectivity index (χ0v) is 9.77. The molecule has 0 aromatic heterocycles. The van der Waals surface area contributed by atoms with Crippen LogP contribution in [-0.2, 0) is 0 Å². The second kappa shape index (κ2) is 5.51. The molecule has 1 atom stereocenters. The van der Waals surface area contributed by atoms with Crippen LogP contribution in [0.1, 0.15) is 19.3 Å². The van der Waals surface area contributed by atoms with Crippen LogP contribution < -0.4 is 10.1 Å². The topological polar surface area (TPSA) is 21.3 Å². The third-order valence-electron chi connectivity index (χ3n) is 2.75. The first-order valence-electron chi connectivity index (χ1n) is 5.57. The van der Waals surface area contributed by atoms with Gasteiger partial charge in [0.1, 0.15) is 18.2 Å². The molecule has 1 N–H and O–H groups in total. The van der Waals surface area contributed by atoms with Gasteiger partial charge < -0.3 is 10.1 Å². The van der Waals surface area contributed by atoms with E-state index in [0.717, 1.165) is 13.0 Å². The molecule has 4 heteroatoms. The Morgan fingerprint density at radius 3 is 3.00 bits per heavy atom. The van der Waals surface area contributed by atoms with Crippen molar-refractivity contribution in [1.82, 2.24) is 5.32 Å². The third-order valence-corrected chi connectivity index (χ3v) is 3.04. The van der Waals surface area contributed by atoms with Crippen molar-refractivity contribution in [2.75, 3.05) is 13.2 Å². The lowest BCUT2D eigenvalue weighted by atomic mass is 10.1. The Bertz CT molecular complexity index is 353. The number of rotatable bonds is 3. The Hall–Kier alpha value is -0.800. The molecule has 1 aromatic rings. The fraction of sp³-hybridized carbons (Fsp3) is 0.500. The van der Waals surface area contributed by atoms with Crippen LogP contribution in [0, 0.1) is 5.82 Å². The maximum Gasteiger partial charge on any atom is 0.138 e. The molecule has 88 valence electrons. The molecule has 1 aliphatic heterocycles. The van der Waals surface area contributed by atoms with E-state index >= 15 is 0 Å². The molecule has 1 aromatic carbocycles. The SMILES string of the molecule is Fc1ccc(OCC2CCCCN2)c(Cl)c1. The predicted molar refractivity (Wildman–Crippen MR) is 62.5 cm³/mol. The first kappa shape index (κ1) is 11.7. The lowest BCUT2D eigenvalue weighted by Crippen LogP contribution is -2.38. The Labute approximate surface area is 99.7 Å². The van der Waals surface area contributed by atoms with E-state index in [-0.39, 0.29) is 5.82 Å². The molecule has 2 rings (SSSR count). The van der Waals surface area contributed by atoms with Crippen molar-refractivity contribution in [3.63, 3.8) is 0 Å². The van der Waals surface area contributed by atoms with E-state index in [1.165, 1.54) is 25.0 Å². The summed E-state index contributed by atoms with van der Waals surface area (Å²) in [4.78, 5) is 0. The van der Waals surface area contributed by atoms with Gasteiger partial charge in [-0.05, 0) is 37.6 Å². The fourth-order valence-corrected chi connectivity index (χ4v) is 2.07. The quantitative estimate of drug-likeness (QED) is 0.881. The maximum absolute atomic E-state index is 12.8. The van der Waals surface area contributed by atoms with Gasteiger partial charge >= 0.3 is 0 Å². The second-order valence-corrected chi connectivity index (χ2v) is 4.44. The fourth-order valence-electron chi connectivity index (χ4n) is 1.85. The Morgan fingerprint density at radius 2 is 2.31 bits per heavy atom. The van der Waals surface area contributed by atoms with E-state index in [0.29, 0.717) is 23.4 Å². The average Bonchev–Trinajstić information content (AvgIpc) is 2.29. The molecule has 1 unspecified atom stereocenters. The van der Waals surface area contributed by atoms with E-state index in [9.17, 15) is 4.39 Å². The third kappa shape index (κ3) is 3.09. The van der Waals surface area contributed by atoms with Gasteiger partial charge in [-0.3, -0.25) is 0 Å². The molecule has 1 saturated heterocycles. The molecule has 2 nitrogen and oxygen atoms in total. The van der Waals surface area contributed by atoms with Crippen molar-refractivity contribution in [2.45, 2.75) is 25.3 Å². The van der Waals surface area contributed by atoms with E-state index in [1.807, 2.05) is 0 Å². The molecule has 0 bridgehead atoms. The van der Waals surface area contributed by atoms with Gasteiger partial charge in [0.25, 0.3) is 0 Å². The van der Waals surface area contributed by atoms with Crippen LogP contribution in [-0.4, -0.2) is 19.2 Å². The highest BCUT2D eigenvalue weighted by Gasteiger charge is 2.13. The van der Waals surface area contributed by atoms with Crippen LogP contribution in [0.5, 0.6) is 5.75 Å². The highest BCUT2D eigenvalue weighted by atomic mass is 35.5. The second-order valence-electron chi connectivity index (χ2n) is 4.03. The Balaban J connectivity index is 1.88. The van der Waals surface area contributed by atoms with Crippen molar-refractivity contribution in [1.29, 1.82) is 0 Å². The first-order valence-corrected chi connectivity index (χ1v) is 5.95. The monoisotopic (exact) mass is 243 g/mol. The van der Waals surface area contributed by atoms with Crippen LogP contribution in [0.15, 0.2) is 18.2 Å². The van der Waals surface area contributed by atoms with Gasteiger partial charge in [-0.1, -0.05) is 18.0 Å². The largest absolute Gasteiger partial charge is 0.490 e. The molecular weight excluding hydrogens is 229 g/mol. The average molecular weight is 244 g/mol. The number of nitrogens with one attached hydrogen (secondary N) is 1. The molecule has 0 radical (unpaired) electrons. The molecule has 0 amide bonds. The minimum atomic E-state index is -0.340. The lowest BCUT2D eigenvalue weighted by molar-refractivity contribution is 0.239. The number of benzene rings is 1. The Morgan fingerprint density at radius 1 is 1.44 bits per heavy atom. The molecule has 0 aliphatic carbocycles. The molecule has 1 aliphatic rings. The summed E-state index contributed by atoms with van der Waals surface area (Å²) in [6, 6.07) is 4.58. The summed E-state index contributed by atoms with van der Waals surface area (Å²) in [7, 11) is 0. The van der Waals surface area contributed by atoms with Crippen LogP contribution >= 0.6 is 11.6 Å². The number of hydrogen-bond donors (Lipinski definition) is 1. The summed E-state index contributed by atoms with van der Waals surface area (Å²) in [5.41, 5.74) is 0. The molecular formula is C12H15ClFNO. The number of ether oxygens (including phenoxy) is 1. The van der Waals surface area contributed by atoms with Crippen molar-refractivity contribution in [2.24, 2.45) is 0 Å². The van der Waals surface area contributed by atoms with Crippen molar-refractivity contribution < 1.29 is 9.13 Å². The van der Waals surface area contributed by atoms with Gasteiger partial charge in [-0.2, -0.15) is 0 Å². The molecule has 1 heterocycles. The van der Waals surface area contributed by atoms with Gasteiger partial charge in [0.15, 0.2) is 0 Å². The lowest BCUT2D eigenvalue weighted by Gasteiger charge is -2.23. The van der Waals surface area contributed by atoms with Gasteiger partial charge in [0.05, 0.1) is 5.02 Å². The smallest absolute Gasteiger partial charge is 0.138 e. The van der Waals surface area contributed by atoms with Crippen LogP contribution in [0.25, 0.3) is 0 Å². The predicted octanol–water partition coefficient (Wildman–Crippen LogP) is 3.00. The zero-order valence-electron chi connectivity index (χ0n) is 9.01. The highest BCUT2D eigenvalue weighted by molar-refractivity contribution is 6.32. The summed E-state index contributed by atoms with van der Waals surface area (Å²) in [5.74, 6) is 0.212. The van der Waals surface area contributed by atoms with Crippen LogP contribution in [0.4, 0.5) is 4.39 Å². The number of halogens is 2. The van der Waals surface area contributed by atoms with Crippen molar-refractivity contribution in [3.8, 4) is 5.75 Å². The van der Waals surface area contributed by atoms with Gasteiger partial charge in [-0.15, -0.1) is 0 Å². The number of hydrogen-bond acceptors (Lipinski definition) is 2. The maximum atomic E-state index is 12.8. The molecule has 0 saturated carbocycles. The summed E-state index contributed by atoms with van der Waals surface area (Å²) in [5, 5.41) is 3.71.